The van der Waals surface area contributed by atoms with Crippen molar-refractivity contribution in [2.24, 2.45) is 0 Å². The number of likely N-dealkylation sites (N-methyl/N-ethyl adjacent to an activating group) is 1. The molecule has 6 rings (SSSR count). The maximum Gasteiger partial charge on any atom is 0.372 e. The summed E-state index contributed by atoms with van der Waals surface area (Å²) in [7, 11) is 11.5. The molecule has 0 saturated carbocycles. The number of aromatic nitrogens is 2. The molecule has 1 aliphatic heterocycles. The van der Waals surface area contributed by atoms with Crippen LogP contribution in [-0.4, -0.2) is 69.9 Å². The molecule has 0 fully saturated rings. The standard InChI is InChI=1S/C42H50N5O2/c1-44-38-17-7-9-19-40(38)49-42(44)21-11-15-35-26-29-45(30-27-35)28-12-31-46(2,3)32-13-33-47(4,5)36-24-22-34(23-25-36)14-10-20-41-43-37-16-6-8-18-39(37)48-41/h6-11,14-27,29-30,36H,12-13,28,31-33H2,1-5H3/q+3/p+1. The van der Waals surface area contributed by atoms with E-state index in [1.807, 2.05) is 67.7 Å². The Balaban J connectivity index is 0.900. The lowest BCUT2D eigenvalue weighted by Gasteiger charge is -2.37. The van der Waals surface area contributed by atoms with Crippen molar-refractivity contribution in [1.29, 1.82) is 0 Å². The molecule has 7 heteroatoms. The lowest BCUT2D eigenvalue weighted by Crippen LogP contribution is -2.50. The summed E-state index contributed by atoms with van der Waals surface area (Å²) in [6, 6.07) is 20.8. The first-order valence-electron chi connectivity index (χ1n) is 17.3. The average Bonchev–Trinajstić information content (AvgIpc) is 3.65. The molecule has 0 amide bonds. The Morgan fingerprint density at radius 2 is 1.53 bits per heavy atom. The first-order valence-corrected chi connectivity index (χ1v) is 17.3. The number of hydrogen-bond acceptors (Lipinski definition) is 3. The van der Waals surface area contributed by atoms with Crippen LogP contribution < -0.4 is 19.2 Å². The second-order valence-electron chi connectivity index (χ2n) is 14.3. The monoisotopic (exact) mass is 657 g/mol. The minimum absolute atomic E-state index is 0.376. The van der Waals surface area contributed by atoms with Gasteiger partial charge in [0.1, 0.15) is 6.04 Å². The number of H-pyrrole nitrogens is 1. The molecule has 1 N–H and O–H groups in total. The predicted molar refractivity (Wildman–Crippen MR) is 199 cm³/mol. The second-order valence-corrected chi connectivity index (χ2v) is 14.3. The van der Waals surface area contributed by atoms with Crippen LogP contribution in [0.4, 0.5) is 5.69 Å². The van der Waals surface area contributed by atoms with E-state index >= 15 is 0 Å². The number of nitrogens with zero attached hydrogens (tertiary/aromatic N) is 4. The molecule has 2 aromatic heterocycles. The molecule has 3 heterocycles. The van der Waals surface area contributed by atoms with Gasteiger partial charge >= 0.3 is 5.89 Å². The Kier molecular flexibility index (Phi) is 10.4. The number of anilines is 1. The summed E-state index contributed by atoms with van der Waals surface area (Å²) in [5.74, 6) is 2.48. The van der Waals surface area contributed by atoms with Crippen molar-refractivity contribution in [2.45, 2.75) is 25.4 Å². The van der Waals surface area contributed by atoms with Gasteiger partial charge in [0.15, 0.2) is 30.6 Å². The Bertz CT molecular complexity index is 1870. The molecule has 2 aliphatic rings. The van der Waals surface area contributed by atoms with Crippen LogP contribution in [0, 0.1) is 0 Å². The number of fused-ring (bicyclic) bond motifs is 2. The second kappa shape index (κ2) is 15.1. The summed E-state index contributed by atoms with van der Waals surface area (Å²) in [4.78, 5) is 5.37. The zero-order valence-electron chi connectivity index (χ0n) is 29.6. The van der Waals surface area contributed by atoms with Crippen molar-refractivity contribution < 1.29 is 27.7 Å². The van der Waals surface area contributed by atoms with Gasteiger partial charge in [-0.05, 0) is 47.6 Å². The minimum atomic E-state index is 0.376. The summed E-state index contributed by atoms with van der Waals surface area (Å²) >= 11 is 0. The summed E-state index contributed by atoms with van der Waals surface area (Å²) in [6.07, 6.45) is 28.2. The number of quaternary nitrogens is 2. The van der Waals surface area contributed by atoms with E-state index in [9.17, 15) is 0 Å². The minimum Gasteiger partial charge on any atom is -0.439 e. The third-order valence-electron chi connectivity index (χ3n) is 9.57. The number of para-hydroxylation sites is 4. The number of allylic oxidation sites excluding steroid dienone is 7. The number of pyridine rings is 1. The SMILES string of the molecule is CN1C(=CC=Cc2cc[n+](CCC[N+](C)(C)CCC[N+](C)(C)C3C=CC(=CC=Cc4[nH+]c5ccccc5o4)C=C3)cc2)Oc2ccccc21. The topological polar surface area (TPSA) is 43.6 Å². The number of aryl methyl sites for hydroxylation is 1. The predicted octanol–water partition coefficient (Wildman–Crippen LogP) is 6.99. The lowest BCUT2D eigenvalue weighted by atomic mass is 10.0. The van der Waals surface area contributed by atoms with E-state index in [0.717, 1.165) is 69.3 Å². The zero-order valence-corrected chi connectivity index (χ0v) is 29.6. The van der Waals surface area contributed by atoms with Crippen molar-refractivity contribution in [3.8, 4) is 5.75 Å². The number of nitrogens with one attached hydrogen (secondary N) is 1. The van der Waals surface area contributed by atoms with Gasteiger partial charge in [-0.15, -0.1) is 0 Å². The van der Waals surface area contributed by atoms with Crippen molar-refractivity contribution in [3.05, 3.63) is 145 Å². The van der Waals surface area contributed by atoms with Crippen LogP contribution in [0.25, 0.3) is 23.3 Å². The van der Waals surface area contributed by atoms with E-state index in [0.29, 0.717) is 6.04 Å². The molecule has 252 valence electrons. The number of oxazole rings is 1. The van der Waals surface area contributed by atoms with Gasteiger partial charge in [0, 0.05) is 31.7 Å². The van der Waals surface area contributed by atoms with Gasteiger partial charge in [0.2, 0.25) is 11.1 Å². The van der Waals surface area contributed by atoms with Crippen LogP contribution in [0.15, 0.2) is 138 Å². The van der Waals surface area contributed by atoms with E-state index in [1.165, 1.54) is 24.1 Å². The highest BCUT2D eigenvalue weighted by Gasteiger charge is 2.27. The van der Waals surface area contributed by atoms with E-state index in [4.69, 9.17) is 9.15 Å². The lowest BCUT2D eigenvalue weighted by molar-refractivity contribution is -0.916. The van der Waals surface area contributed by atoms with Crippen molar-refractivity contribution in [3.63, 3.8) is 0 Å². The van der Waals surface area contributed by atoms with Gasteiger partial charge < -0.3 is 23.0 Å². The maximum absolute atomic E-state index is 5.97. The third-order valence-corrected chi connectivity index (χ3v) is 9.57. The van der Waals surface area contributed by atoms with Crippen LogP contribution in [0.5, 0.6) is 5.75 Å². The Morgan fingerprint density at radius 3 is 2.31 bits per heavy atom. The smallest absolute Gasteiger partial charge is 0.372 e. The van der Waals surface area contributed by atoms with Gasteiger partial charge in [-0.25, -0.2) is 4.57 Å². The van der Waals surface area contributed by atoms with Gasteiger partial charge in [-0.1, -0.05) is 60.7 Å². The molecule has 0 spiro atoms. The maximum atomic E-state index is 5.97. The Labute approximate surface area is 291 Å². The van der Waals surface area contributed by atoms with Crippen molar-refractivity contribution in [1.82, 2.24) is 0 Å². The molecule has 0 atom stereocenters. The molecule has 1 aliphatic carbocycles. The quantitative estimate of drug-likeness (QED) is 0.115. The largest absolute Gasteiger partial charge is 0.439 e. The molecule has 7 nitrogen and oxygen atoms in total. The van der Waals surface area contributed by atoms with Crippen LogP contribution in [0.1, 0.15) is 24.3 Å². The molecular weight excluding hydrogens is 606 g/mol. The van der Waals surface area contributed by atoms with Crippen LogP contribution in [0.2, 0.25) is 0 Å². The fraction of sp³-hybridized carbons (Fsp3) is 0.286. The number of hydrogen-bond donors (Lipinski definition) is 0. The van der Waals surface area contributed by atoms with Gasteiger partial charge in [-0.2, -0.15) is 4.98 Å². The molecule has 4 aromatic rings. The fourth-order valence-corrected chi connectivity index (χ4v) is 6.46. The van der Waals surface area contributed by atoms with Crippen LogP contribution in [0.3, 0.4) is 0 Å². The zero-order chi connectivity index (χ0) is 34.3. The Hall–Kier alpha value is -4.98. The highest BCUT2D eigenvalue weighted by molar-refractivity contribution is 5.69. The Morgan fingerprint density at radius 1 is 0.816 bits per heavy atom. The highest BCUT2D eigenvalue weighted by atomic mass is 16.5. The van der Waals surface area contributed by atoms with Crippen molar-refractivity contribution >= 4 is 28.9 Å². The highest BCUT2D eigenvalue weighted by Crippen LogP contribution is 2.37. The summed E-state index contributed by atoms with van der Waals surface area (Å²) in [6.45, 7) is 4.48. The van der Waals surface area contributed by atoms with Gasteiger partial charge in [-0.3, -0.25) is 0 Å². The fourth-order valence-electron chi connectivity index (χ4n) is 6.46. The molecule has 0 radical (unpaired) electrons. The summed E-state index contributed by atoms with van der Waals surface area (Å²) in [5, 5.41) is 0. The van der Waals surface area contributed by atoms with E-state index in [2.05, 4.69) is 116 Å². The molecule has 2 aromatic carbocycles. The van der Waals surface area contributed by atoms with E-state index in [1.54, 1.807) is 0 Å². The van der Waals surface area contributed by atoms with E-state index in [-0.39, 0.29) is 0 Å². The average molecular weight is 658 g/mol. The first kappa shape index (κ1) is 33.9. The molecule has 0 unspecified atom stereocenters. The van der Waals surface area contributed by atoms with Crippen molar-refractivity contribution in [2.75, 3.05) is 59.8 Å². The third kappa shape index (κ3) is 8.93. The number of ether oxygens (including phenoxy) is 1. The number of aromatic amines is 1. The summed E-state index contributed by atoms with van der Waals surface area (Å²) in [5.41, 5.74) is 5.33. The number of rotatable bonds is 13. The normalized spacial score (nSPS) is 17.2. The number of benzene rings is 2. The first-order chi connectivity index (χ1) is 23.6. The van der Waals surface area contributed by atoms with Gasteiger partial charge in [0.25, 0.3) is 0 Å². The van der Waals surface area contributed by atoms with Crippen LogP contribution >= 0.6 is 0 Å². The van der Waals surface area contributed by atoms with Crippen LogP contribution in [-0.2, 0) is 6.54 Å². The molecular formula is C42H51N5O2+4. The molecule has 0 bridgehead atoms. The van der Waals surface area contributed by atoms with Gasteiger partial charge in [0.05, 0.1) is 66.0 Å². The van der Waals surface area contributed by atoms with E-state index < -0.39 is 0 Å². The summed E-state index contributed by atoms with van der Waals surface area (Å²) < 4.78 is 16.1. The molecule has 49 heavy (non-hydrogen) atoms. The molecule has 0 saturated heterocycles.